The number of fused-ring (bicyclic) bond motifs is 1. The van der Waals surface area contributed by atoms with Crippen molar-refractivity contribution < 1.29 is 13.9 Å². The molecule has 4 nitrogen and oxygen atoms in total. The normalized spacial score (nSPS) is 18.7. The molecule has 1 aromatic rings. The van der Waals surface area contributed by atoms with Crippen LogP contribution >= 0.6 is 15.9 Å². The molecule has 0 bridgehead atoms. The van der Waals surface area contributed by atoms with E-state index in [1.807, 2.05) is 11.0 Å². The zero-order valence-electron chi connectivity index (χ0n) is 14.8. The molecule has 4 rings (SSSR count). The molecule has 0 N–H and O–H groups in total. The van der Waals surface area contributed by atoms with Crippen molar-refractivity contribution >= 4 is 33.2 Å². The molecule has 0 saturated heterocycles. The largest absolute Gasteiger partial charge is 0.461 e. The summed E-state index contributed by atoms with van der Waals surface area (Å²) in [6.45, 7) is 2.06. The van der Waals surface area contributed by atoms with Crippen LogP contribution in [-0.2, 0) is 9.53 Å². The first kappa shape index (κ1) is 18.0. The van der Waals surface area contributed by atoms with E-state index in [4.69, 9.17) is 4.74 Å². The maximum absolute atomic E-state index is 14.5. The number of benzene rings is 1. The van der Waals surface area contributed by atoms with Gasteiger partial charge < -0.3 is 4.74 Å². The fourth-order valence-corrected chi connectivity index (χ4v) is 3.66. The number of hydrogen-bond acceptors (Lipinski definition) is 4. The maximum atomic E-state index is 14.5. The van der Waals surface area contributed by atoms with Crippen molar-refractivity contribution in [2.45, 2.75) is 26.2 Å². The second-order valence-corrected chi connectivity index (χ2v) is 7.43. The SMILES string of the molecule is CCOC(=O)C1=NC2=CC(c3cccc(Br)c3F)=C=CN2C(C2CCC2)=C1. The number of halogens is 2. The minimum absolute atomic E-state index is 0.283. The molecule has 27 heavy (non-hydrogen) atoms. The van der Waals surface area contributed by atoms with Crippen LogP contribution in [0.4, 0.5) is 4.39 Å². The Kier molecular flexibility index (Phi) is 4.85. The highest BCUT2D eigenvalue weighted by atomic mass is 79.9. The Hall–Kier alpha value is -2.43. The summed E-state index contributed by atoms with van der Waals surface area (Å²) in [6.07, 6.45) is 8.68. The molecule has 0 unspecified atom stereocenters. The van der Waals surface area contributed by atoms with Gasteiger partial charge in [-0.15, -0.1) is 0 Å². The summed E-state index contributed by atoms with van der Waals surface area (Å²) in [5.74, 6) is 0.175. The van der Waals surface area contributed by atoms with Gasteiger partial charge in [-0.25, -0.2) is 14.2 Å². The lowest BCUT2D eigenvalue weighted by atomic mass is 9.81. The third-order valence-electron chi connectivity index (χ3n) is 4.92. The van der Waals surface area contributed by atoms with Gasteiger partial charge in [-0.1, -0.05) is 24.3 Å². The van der Waals surface area contributed by atoms with Crippen molar-refractivity contribution in [2.75, 3.05) is 6.61 Å². The zero-order chi connectivity index (χ0) is 19.0. The number of carbonyl (C=O) groups excluding carboxylic acids is 1. The summed E-state index contributed by atoms with van der Waals surface area (Å²) in [5.41, 5.74) is 5.48. The number of hydrogen-bond donors (Lipinski definition) is 0. The standard InChI is InChI=1S/C21H18BrFN2O2/c1-2-27-21(26)17-12-18(13-5-3-6-13)25-10-9-14(11-19(25)24-17)15-7-4-8-16(22)20(15)23/h4,7-8,10-13H,2-3,5-6H2,1H3. The van der Waals surface area contributed by atoms with E-state index in [2.05, 4.69) is 26.7 Å². The Morgan fingerprint density at radius 1 is 1.41 bits per heavy atom. The first-order valence-electron chi connectivity index (χ1n) is 8.98. The summed E-state index contributed by atoms with van der Waals surface area (Å²) < 4.78 is 20.0. The molecule has 2 aliphatic heterocycles. The summed E-state index contributed by atoms with van der Waals surface area (Å²) in [5, 5.41) is 0. The van der Waals surface area contributed by atoms with Crippen molar-refractivity contribution in [2.24, 2.45) is 10.9 Å². The van der Waals surface area contributed by atoms with E-state index in [9.17, 15) is 9.18 Å². The molecule has 0 amide bonds. The molecule has 0 atom stereocenters. The van der Waals surface area contributed by atoms with Gasteiger partial charge in [-0.3, -0.25) is 4.90 Å². The van der Waals surface area contributed by atoms with Crippen LogP contribution in [0.15, 0.2) is 63.3 Å². The first-order chi connectivity index (χ1) is 13.1. The Balaban J connectivity index is 1.78. The average molecular weight is 429 g/mol. The number of ether oxygens (including phenoxy) is 1. The highest BCUT2D eigenvalue weighted by Crippen LogP contribution is 2.40. The second-order valence-electron chi connectivity index (χ2n) is 6.58. The van der Waals surface area contributed by atoms with Gasteiger partial charge in [0.05, 0.1) is 17.3 Å². The number of rotatable bonds is 4. The van der Waals surface area contributed by atoms with E-state index in [1.165, 1.54) is 6.42 Å². The minimum Gasteiger partial charge on any atom is -0.461 e. The maximum Gasteiger partial charge on any atom is 0.357 e. The van der Waals surface area contributed by atoms with E-state index < -0.39 is 5.97 Å². The molecule has 0 aromatic heterocycles. The van der Waals surface area contributed by atoms with E-state index in [0.29, 0.717) is 34.0 Å². The van der Waals surface area contributed by atoms with Crippen LogP contribution in [0.25, 0.3) is 5.57 Å². The van der Waals surface area contributed by atoms with Gasteiger partial charge in [0.15, 0.2) is 5.71 Å². The number of carbonyl (C=O) groups is 1. The van der Waals surface area contributed by atoms with Crippen molar-refractivity contribution in [1.29, 1.82) is 0 Å². The molecule has 138 valence electrons. The number of allylic oxidation sites excluding steroid dienone is 3. The molecule has 0 radical (unpaired) electrons. The van der Waals surface area contributed by atoms with Crippen molar-refractivity contribution in [3.63, 3.8) is 0 Å². The molecule has 1 fully saturated rings. The smallest absolute Gasteiger partial charge is 0.357 e. The topological polar surface area (TPSA) is 41.9 Å². The lowest BCUT2D eigenvalue weighted by Crippen LogP contribution is -2.32. The number of esters is 1. The molecule has 6 heteroatoms. The summed E-state index contributed by atoms with van der Waals surface area (Å²) >= 11 is 3.22. The highest BCUT2D eigenvalue weighted by Gasteiger charge is 2.32. The lowest BCUT2D eigenvalue weighted by molar-refractivity contribution is -0.134. The van der Waals surface area contributed by atoms with Crippen LogP contribution in [0, 0.1) is 11.7 Å². The van der Waals surface area contributed by atoms with Crippen molar-refractivity contribution in [3.8, 4) is 0 Å². The zero-order valence-corrected chi connectivity index (χ0v) is 16.4. The van der Waals surface area contributed by atoms with Crippen LogP contribution in [0.3, 0.4) is 0 Å². The molecule has 1 aliphatic carbocycles. The van der Waals surface area contributed by atoms with Gasteiger partial charge in [0, 0.05) is 16.8 Å². The van der Waals surface area contributed by atoms with Gasteiger partial charge >= 0.3 is 5.97 Å². The van der Waals surface area contributed by atoms with Crippen LogP contribution < -0.4 is 0 Å². The third kappa shape index (κ3) is 3.31. The van der Waals surface area contributed by atoms with E-state index in [-0.39, 0.29) is 11.5 Å². The Bertz CT molecular complexity index is 966. The molecule has 0 spiro atoms. The monoisotopic (exact) mass is 428 g/mol. The Morgan fingerprint density at radius 3 is 2.93 bits per heavy atom. The molecule has 3 aliphatic rings. The lowest BCUT2D eigenvalue weighted by Gasteiger charge is -2.37. The first-order valence-corrected chi connectivity index (χ1v) is 9.77. The van der Waals surface area contributed by atoms with Crippen LogP contribution in [0.1, 0.15) is 31.7 Å². The van der Waals surface area contributed by atoms with E-state index >= 15 is 0 Å². The second kappa shape index (κ2) is 7.29. The Morgan fingerprint density at radius 2 is 2.22 bits per heavy atom. The highest BCUT2D eigenvalue weighted by molar-refractivity contribution is 9.10. The van der Waals surface area contributed by atoms with E-state index in [1.54, 1.807) is 37.4 Å². The van der Waals surface area contributed by atoms with Crippen LogP contribution in [-0.4, -0.2) is 23.2 Å². The summed E-state index contributed by atoms with van der Waals surface area (Å²) in [4.78, 5) is 18.7. The quantitative estimate of drug-likeness (QED) is 0.503. The molecule has 1 saturated carbocycles. The number of nitrogens with zero attached hydrogens (tertiary/aromatic N) is 2. The van der Waals surface area contributed by atoms with Crippen LogP contribution in [0.2, 0.25) is 0 Å². The molecular formula is C21H18BrFN2O2. The fraction of sp³-hybridized carbons (Fsp3) is 0.286. The van der Waals surface area contributed by atoms with Gasteiger partial charge in [0.2, 0.25) is 0 Å². The minimum atomic E-state index is -0.441. The number of aliphatic imine (C=N–C) groups is 1. The average Bonchev–Trinajstić information content (AvgIpc) is 2.62. The summed E-state index contributed by atoms with van der Waals surface area (Å²) in [6, 6.07) is 5.13. The fourth-order valence-electron chi connectivity index (χ4n) is 3.29. The van der Waals surface area contributed by atoms with Gasteiger partial charge in [0.1, 0.15) is 11.6 Å². The van der Waals surface area contributed by atoms with Crippen LogP contribution in [0.5, 0.6) is 0 Å². The predicted molar refractivity (Wildman–Crippen MR) is 105 cm³/mol. The molecular weight excluding hydrogens is 411 g/mol. The van der Waals surface area contributed by atoms with Gasteiger partial charge in [0.25, 0.3) is 0 Å². The third-order valence-corrected chi connectivity index (χ3v) is 5.53. The van der Waals surface area contributed by atoms with Gasteiger partial charge in [-0.2, -0.15) is 0 Å². The summed E-state index contributed by atoms with van der Waals surface area (Å²) in [7, 11) is 0. The van der Waals surface area contributed by atoms with Crippen molar-refractivity contribution in [3.05, 3.63) is 69.7 Å². The predicted octanol–water partition coefficient (Wildman–Crippen LogP) is 4.94. The molecule has 1 aromatic carbocycles. The van der Waals surface area contributed by atoms with E-state index in [0.717, 1.165) is 18.5 Å². The molecule has 2 heterocycles. The Labute approximate surface area is 165 Å². The van der Waals surface area contributed by atoms with Gasteiger partial charge in [-0.05, 0) is 59.8 Å². The van der Waals surface area contributed by atoms with Crippen molar-refractivity contribution in [1.82, 2.24) is 4.90 Å².